The number of benzene rings is 1. The number of hydrogen-bond acceptors (Lipinski definition) is 7. The first-order valence-corrected chi connectivity index (χ1v) is 10.6. The van der Waals surface area contributed by atoms with E-state index in [2.05, 4.69) is 29.3 Å². The van der Waals surface area contributed by atoms with Crippen molar-refractivity contribution in [3.63, 3.8) is 0 Å². The standard InChI is InChI=1S/C22H28N6O4/c1-14(2)28-18-9-11-31-13-17(18)20(25-28)21-24-19(26-32-21)8-10-27(3)22(29)23-15-6-5-7-16(12-15)30-4/h5-7,12,14H,8-11,13H2,1-4H3,(H,23,29). The zero-order valence-corrected chi connectivity index (χ0v) is 18.8. The number of likely N-dealkylation sites (N-methyl/N-ethyl adjacent to an activating group) is 1. The average Bonchev–Trinajstić information content (AvgIpc) is 3.42. The van der Waals surface area contributed by atoms with Crippen LogP contribution in [0.1, 0.15) is 37.0 Å². The number of hydrogen-bond donors (Lipinski definition) is 1. The molecule has 1 aromatic carbocycles. The zero-order valence-electron chi connectivity index (χ0n) is 18.8. The van der Waals surface area contributed by atoms with Gasteiger partial charge in [-0.25, -0.2) is 4.79 Å². The van der Waals surface area contributed by atoms with E-state index in [1.54, 1.807) is 31.2 Å². The van der Waals surface area contributed by atoms with E-state index in [1.165, 1.54) is 0 Å². The highest BCUT2D eigenvalue weighted by atomic mass is 16.5. The fraction of sp³-hybridized carbons (Fsp3) is 0.455. The summed E-state index contributed by atoms with van der Waals surface area (Å²) in [5.74, 6) is 1.58. The largest absolute Gasteiger partial charge is 0.497 e. The summed E-state index contributed by atoms with van der Waals surface area (Å²) in [7, 11) is 3.30. The summed E-state index contributed by atoms with van der Waals surface area (Å²) in [5.41, 5.74) is 3.51. The topological polar surface area (TPSA) is 108 Å². The number of methoxy groups -OCH3 is 1. The fourth-order valence-electron chi connectivity index (χ4n) is 3.60. The van der Waals surface area contributed by atoms with Gasteiger partial charge in [0.25, 0.3) is 5.89 Å². The van der Waals surface area contributed by atoms with Crippen molar-refractivity contribution >= 4 is 11.7 Å². The van der Waals surface area contributed by atoms with Crippen LogP contribution in [0.25, 0.3) is 11.6 Å². The van der Waals surface area contributed by atoms with Crippen LogP contribution in [0.15, 0.2) is 28.8 Å². The number of carbonyl (C=O) groups is 1. The first-order valence-electron chi connectivity index (χ1n) is 10.6. The summed E-state index contributed by atoms with van der Waals surface area (Å²) in [4.78, 5) is 18.6. The van der Waals surface area contributed by atoms with E-state index >= 15 is 0 Å². The van der Waals surface area contributed by atoms with Gasteiger partial charge in [-0.05, 0) is 26.0 Å². The lowest BCUT2D eigenvalue weighted by molar-refractivity contribution is 0.108. The van der Waals surface area contributed by atoms with Crippen LogP contribution >= 0.6 is 0 Å². The quantitative estimate of drug-likeness (QED) is 0.600. The molecule has 0 radical (unpaired) electrons. The summed E-state index contributed by atoms with van der Waals surface area (Å²) in [6.45, 7) is 5.79. The molecule has 3 heterocycles. The molecule has 0 unspecified atom stereocenters. The molecule has 0 aliphatic carbocycles. The molecule has 10 nitrogen and oxygen atoms in total. The summed E-state index contributed by atoms with van der Waals surface area (Å²) in [6.07, 6.45) is 1.27. The maximum absolute atomic E-state index is 12.5. The maximum Gasteiger partial charge on any atom is 0.321 e. The van der Waals surface area contributed by atoms with Crippen LogP contribution in [0.3, 0.4) is 0 Å². The lowest BCUT2D eigenvalue weighted by Gasteiger charge is -2.17. The Morgan fingerprint density at radius 2 is 2.22 bits per heavy atom. The molecule has 0 bridgehead atoms. The Kier molecular flexibility index (Phi) is 6.40. The van der Waals surface area contributed by atoms with Gasteiger partial charge in [-0.1, -0.05) is 11.2 Å². The number of nitrogens with zero attached hydrogens (tertiary/aromatic N) is 5. The Morgan fingerprint density at radius 1 is 1.38 bits per heavy atom. The van der Waals surface area contributed by atoms with Crippen LogP contribution in [0.4, 0.5) is 10.5 Å². The molecule has 1 aliphatic rings. The van der Waals surface area contributed by atoms with Crippen molar-refractivity contribution in [1.29, 1.82) is 0 Å². The highest BCUT2D eigenvalue weighted by molar-refractivity contribution is 5.89. The zero-order chi connectivity index (χ0) is 22.7. The maximum atomic E-state index is 12.5. The molecule has 1 aliphatic heterocycles. The Labute approximate surface area is 186 Å². The van der Waals surface area contributed by atoms with Crippen LogP contribution in [0, 0.1) is 0 Å². The highest BCUT2D eigenvalue weighted by Crippen LogP contribution is 2.30. The van der Waals surface area contributed by atoms with Crippen LogP contribution in [0.5, 0.6) is 5.75 Å². The third-order valence-electron chi connectivity index (χ3n) is 5.35. The molecule has 0 spiro atoms. The van der Waals surface area contributed by atoms with Crippen molar-refractivity contribution in [1.82, 2.24) is 24.8 Å². The molecule has 0 atom stereocenters. The highest BCUT2D eigenvalue weighted by Gasteiger charge is 2.26. The van der Waals surface area contributed by atoms with Gasteiger partial charge in [0.2, 0.25) is 0 Å². The number of anilines is 1. The average molecular weight is 441 g/mol. The summed E-state index contributed by atoms with van der Waals surface area (Å²) >= 11 is 0. The second-order valence-corrected chi connectivity index (χ2v) is 7.96. The van der Waals surface area contributed by atoms with Gasteiger partial charge in [0.1, 0.15) is 5.75 Å². The van der Waals surface area contributed by atoms with Gasteiger partial charge in [0.05, 0.1) is 20.3 Å². The third-order valence-corrected chi connectivity index (χ3v) is 5.35. The Bertz CT molecular complexity index is 1090. The second kappa shape index (κ2) is 9.39. The molecule has 4 rings (SSSR count). The van der Waals surface area contributed by atoms with Crippen molar-refractivity contribution in [2.24, 2.45) is 0 Å². The summed E-state index contributed by atoms with van der Waals surface area (Å²) in [6, 6.07) is 7.21. The molecule has 32 heavy (non-hydrogen) atoms. The normalized spacial score (nSPS) is 13.2. The number of aromatic nitrogens is 4. The second-order valence-electron chi connectivity index (χ2n) is 7.96. The molecule has 10 heteroatoms. The van der Waals surface area contributed by atoms with E-state index in [-0.39, 0.29) is 12.1 Å². The van der Waals surface area contributed by atoms with Crippen molar-refractivity contribution in [3.05, 3.63) is 41.3 Å². The van der Waals surface area contributed by atoms with Gasteiger partial charge in [0, 0.05) is 55.5 Å². The number of urea groups is 1. The van der Waals surface area contributed by atoms with E-state index in [0.717, 1.165) is 17.7 Å². The van der Waals surface area contributed by atoms with E-state index in [0.29, 0.717) is 55.0 Å². The van der Waals surface area contributed by atoms with Crippen LogP contribution in [0.2, 0.25) is 0 Å². The van der Waals surface area contributed by atoms with Gasteiger partial charge in [-0.3, -0.25) is 4.68 Å². The van der Waals surface area contributed by atoms with Crippen molar-refractivity contribution in [2.75, 3.05) is 32.6 Å². The molecular formula is C22H28N6O4. The molecule has 170 valence electrons. The van der Waals surface area contributed by atoms with Gasteiger partial charge < -0.3 is 24.2 Å². The van der Waals surface area contributed by atoms with Crippen LogP contribution in [-0.4, -0.2) is 58.2 Å². The number of carbonyl (C=O) groups excluding carboxylic acids is 1. The Balaban J connectivity index is 1.40. The molecule has 1 N–H and O–H groups in total. The number of ether oxygens (including phenoxy) is 2. The van der Waals surface area contributed by atoms with Gasteiger partial charge in [0.15, 0.2) is 11.5 Å². The number of nitrogens with one attached hydrogen (secondary N) is 1. The molecule has 3 aromatic rings. The molecular weight excluding hydrogens is 412 g/mol. The first-order chi connectivity index (χ1) is 15.5. The Hall–Kier alpha value is -3.40. The summed E-state index contributed by atoms with van der Waals surface area (Å²) in [5, 5.41) is 11.6. The lowest BCUT2D eigenvalue weighted by Crippen LogP contribution is -2.33. The van der Waals surface area contributed by atoms with E-state index in [9.17, 15) is 4.79 Å². The first kappa shape index (κ1) is 21.8. The van der Waals surface area contributed by atoms with Gasteiger partial charge in [-0.15, -0.1) is 0 Å². The fourth-order valence-corrected chi connectivity index (χ4v) is 3.60. The van der Waals surface area contributed by atoms with E-state index in [1.807, 2.05) is 16.8 Å². The molecule has 2 aromatic heterocycles. The van der Waals surface area contributed by atoms with Crippen molar-refractivity contribution < 1.29 is 18.8 Å². The van der Waals surface area contributed by atoms with Crippen molar-refractivity contribution in [3.8, 4) is 17.3 Å². The summed E-state index contributed by atoms with van der Waals surface area (Å²) < 4.78 is 18.3. The minimum atomic E-state index is -0.233. The molecule has 2 amide bonds. The van der Waals surface area contributed by atoms with Gasteiger partial charge >= 0.3 is 6.03 Å². The predicted octanol–water partition coefficient (Wildman–Crippen LogP) is 3.30. The molecule has 0 saturated heterocycles. The SMILES string of the molecule is COc1cccc(NC(=O)N(C)CCc2noc(-c3nn(C(C)C)c4c3COCC4)n2)c1. The monoisotopic (exact) mass is 440 g/mol. The van der Waals surface area contributed by atoms with E-state index < -0.39 is 0 Å². The molecule has 0 fully saturated rings. The smallest absolute Gasteiger partial charge is 0.321 e. The minimum absolute atomic E-state index is 0.231. The minimum Gasteiger partial charge on any atom is -0.497 e. The number of amides is 2. The van der Waals surface area contributed by atoms with Crippen molar-refractivity contribution in [2.45, 2.75) is 39.3 Å². The van der Waals surface area contributed by atoms with E-state index in [4.69, 9.17) is 19.1 Å². The predicted molar refractivity (Wildman–Crippen MR) is 118 cm³/mol. The lowest BCUT2D eigenvalue weighted by atomic mass is 10.1. The third kappa shape index (κ3) is 4.59. The van der Waals surface area contributed by atoms with Crippen LogP contribution < -0.4 is 10.1 Å². The van der Waals surface area contributed by atoms with Crippen LogP contribution in [-0.2, 0) is 24.2 Å². The number of fused-ring (bicyclic) bond motifs is 1. The Morgan fingerprint density at radius 3 is 3.00 bits per heavy atom. The number of rotatable bonds is 7. The molecule has 0 saturated carbocycles. The van der Waals surface area contributed by atoms with Gasteiger partial charge in [-0.2, -0.15) is 10.1 Å².